The summed E-state index contributed by atoms with van der Waals surface area (Å²) in [6.07, 6.45) is 2.98. The van der Waals surface area contributed by atoms with Crippen molar-refractivity contribution in [1.82, 2.24) is 9.55 Å². The maximum atomic E-state index is 12.1. The number of ether oxygens (including phenoxy) is 1. The Kier molecular flexibility index (Phi) is 4.55. The summed E-state index contributed by atoms with van der Waals surface area (Å²) in [7, 11) is 0. The topological polar surface area (TPSA) is 39.1 Å². The second kappa shape index (κ2) is 6.36. The average Bonchev–Trinajstić information content (AvgIpc) is 2.72. The van der Waals surface area contributed by atoms with E-state index < -0.39 is 6.61 Å². The van der Waals surface area contributed by atoms with Gasteiger partial charge in [0.05, 0.1) is 5.69 Å². The number of hydrogen-bond acceptors (Lipinski definition) is 3. The Bertz CT molecular complexity index is 552. The van der Waals surface area contributed by atoms with Crippen molar-refractivity contribution in [3.05, 3.63) is 36.2 Å². The zero-order valence-electron chi connectivity index (χ0n) is 11.4. The molecule has 1 aromatic heterocycles. The molecule has 2 aromatic rings. The quantitative estimate of drug-likeness (QED) is 0.871. The number of hydrogen-bond donors (Lipinski definition) is 1. The van der Waals surface area contributed by atoms with E-state index in [0.717, 1.165) is 30.3 Å². The first-order valence-corrected chi connectivity index (χ1v) is 6.44. The van der Waals surface area contributed by atoms with Crippen molar-refractivity contribution < 1.29 is 13.5 Å². The molecule has 108 valence electrons. The summed E-state index contributed by atoms with van der Waals surface area (Å²) >= 11 is 0. The van der Waals surface area contributed by atoms with Gasteiger partial charge in [0.25, 0.3) is 0 Å². The van der Waals surface area contributed by atoms with Crippen molar-refractivity contribution in [1.29, 1.82) is 0 Å². The first-order valence-electron chi connectivity index (χ1n) is 6.44. The van der Waals surface area contributed by atoms with Gasteiger partial charge in [0.15, 0.2) is 0 Å². The van der Waals surface area contributed by atoms with E-state index in [-0.39, 0.29) is 5.75 Å². The van der Waals surface area contributed by atoms with Gasteiger partial charge in [-0.3, -0.25) is 0 Å². The van der Waals surface area contributed by atoms with Crippen molar-refractivity contribution in [2.75, 3.05) is 5.32 Å². The molecule has 0 aliphatic heterocycles. The number of rotatable bonds is 6. The number of alkyl halides is 2. The largest absolute Gasteiger partial charge is 0.435 e. The minimum atomic E-state index is -2.81. The number of anilines is 2. The van der Waals surface area contributed by atoms with Crippen molar-refractivity contribution in [2.24, 2.45) is 0 Å². The minimum Gasteiger partial charge on any atom is -0.435 e. The molecule has 4 nitrogen and oxygen atoms in total. The fourth-order valence-corrected chi connectivity index (χ4v) is 1.91. The molecule has 0 aliphatic rings. The number of benzene rings is 1. The molecule has 0 saturated carbocycles. The standard InChI is InChI=1S/C14H17F2N3O/c1-3-8-19-9-10(2)17-14(19)18-11-4-6-12(7-5-11)20-13(15)16/h4-7,9,13H,3,8H2,1-2H3,(H,17,18). The molecule has 0 saturated heterocycles. The van der Waals surface area contributed by atoms with Crippen molar-refractivity contribution in [2.45, 2.75) is 33.4 Å². The third kappa shape index (κ3) is 3.69. The summed E-state index contributed by atoms with van der Waals surface area (Å²) in [4.78, 5) is 4.40. The van der Waals surface area contributed by atoms with E-state index >= 15 is 0 Å². The summed E-state index contributed by atoms with van der Waals surface area (Å²) < 4.78 is 30.4. The molecule has 20 heavy (non-hydrogen) atoms. The minimum absolute atomic E-state index is 0.138. The van der Waals surface area contributed by atoms with E-state index in [1.165, 1.54) is 12.1 Å². The highest BCUT2D eigenvalue weighted by Crippen LogP contribution is 2.21. The first-order chi connectivity index (χ1) is 9.58. The van der Waals surface area contributed by atoms with Crippen LogP contribution < -0.4 is 10.1 Å². The SMILES string of the molecule is CCCn1cc(C)nc1Nc1ccc(OC(F)F)cc1. The number of imidazole rings is 1. The van der Waals surface area contributed by atoms with E-state index in [9.17, 15) is 8.78 Å². The van der Waals surface area contributed by atoms with Gasteiger partial charge in [0.2, 0.25) is 5.95 Å². The third-order valence-electron chi connectivity index (χ3n) is 2.70. The zero-order valence-corrected chi connectivity index (χ0v) is 11.4. The summed E-state index contributed by atoms with van der Waals surface area (Å²) in [6, 6.07) is 6.35. The molecule has 0 atom stereocenters. The van der Waals surface area contributed by atoms with Crippen LogP contribution in [-0.2, 0) is 6.54 Å². The highest BCUT2D eigenvalue weighted by Gasteiger charge is 2.07. The normalized spacial score (nSPS) is 10.8. The Morgan fingerprint density at radius 2 is 2.00 bits per heavy atom. The average molecular weight is 281 g/mol. The van der Waals surface area contributed by atoms with Gasteiger partial charge in [0, 0.05) is 18.4 Å². The van der Waals surface area contributed by atoms with Gasteiger partial charge in [0.1, 0.15) is 5.75 Å². The van der Waals surface area contributed by atoms with Crippen LogP contribution in [0.15, 0.2) is 30.5 Å². The predicted octanol–water partition coefficient (Wildman–Crippen LogP) is 3.95. The van der Waals surface area contributed by atoms with E-state index in [0.29, 0.717) is 0 Å². The third-order valence-corrected chi connectivity index (χ3v) is 2.70. The molecule has 0 bridgehead atoms. The summed E-state index contributed by atoms with van der Waals surface area (Å²) in [5.41, 5.74) is 1.70. The summed E-state index contributed by atoms with van der Waals surface area (Å²) in [6.45, 7) is 2.09. The lowest BCUT2D eigenvalue weighted by atomic mass is 10.3. The van der Waals surface area contributed by atoms with Gasteiger partial charge in [-0.25, -0.2) is 4.98 Å². The Balaban J connectivity index is 2.09. The Labute approximate surface area is 116 Å². The van der Waals surface area contributed by atoms with Crippen LogP contribution in [0.3, 0.4) is 0 Å². The van der Waals surface area contributed by atoms with Crippen LogP contribution in [0.1, 0.15) is 19.0 Å². The number of nitrogens with zero attached hydrogens (tertiary/aromatic N) is 2. The van der Waals surface area contributed by atoms with Crippen molar-refractivity contribution in [3.8, 4) is 5.75 Å². The fourth-order valence-electron chi connectivity index (χ4n) is 1.91. The molecular weight excluding hydrogens is 264 g/mol. The van der Waals surface area contributed by atoms with Gasteiger partial charge < -0.3 is 14.6 Å². The Hall–Kier alpha value is -2.11. The summed E-state index contributed by atoms with van der Waals surface area (Å²) in [5.74, 6) is 0.880. The Morgan fingerprint density at radius 3 is 2.60 bits per heavy atom. The highest BCUT2D eigenvalue weighted by atomic mass is 19.3. The van der Waals surface area contributed by atoms with E-state index in [2.05, 4.69) is 22.0 Å². The molecule has 0 spiro atoms. The zero-order chi connectivity index (χ0) is 14.5. The Morgan fingerprint density at radius 1 is 1.30 bits per heavy atom. The van der Waals surface area contributed by atoms with Crippen LogP contribution in [0.25, 0.3) is 0 Å². The molecule has 0 aliphatic carbocycles. The van der Waals surface area contributed by atoms with Crippen molar-refractivity contribution in [3.63, 3.8) is 0 Å². The molecule has 0 unspecified atom stereocenters. The first kappa shape index (κ1) is 14.3. The van der Waals surface area contributed by atoms with Crippen LogP contribution in [-0.4, -0.2) is 16.2 Å². The lowest BCUT2D eigenvalue weighted by Crippen LogP contribution is -2.03. The molecule has 1 N–H and O–H groups in total. The second-order valence-corrected chi connectivity index (χ2v) is 4.43. The second-order valence-electron chi connectivity index (χ2n) is 4.43. The maximum absolute atomic E-state index is 12.1. The van der Waals surface area contributed by atoms with Crippen molar-refractivity contribution >= 4 is 11.6 Å². The lowest BCUT2D eigenvalue weighted by Gasteiger charge is -2.09. The van der Waals surface area contributed by atoms with Gasteiger partial charge in [-0.05, 0) is 37.6 Å². The molecule has 0 amide bonds. The van der Waals surface area contributed by atoms with Gasteiger partial charge >= 0.3 is 6.61 Å². The molecule has 6 heteroatoms. The number of aromatic nitrogens is 2. The molecule has 2 rings (SSSR count). The molecular formula is C14H17F2N3O. The lowest BCUT2D eigenvalue weighted by molar-refractivity contribution is -0.0498. The molecule has 1 heterocycles. The molecule has 0 fully saturated rings. The fraction of sp³-hybridized carbons (Fsp3) is 0.357. The number of nitrogens with one attached hydrogen (secondary N) is 1. The van der Waals surface area contributed by atoms with E-state index in [1.807, 2.05) is 17.7 Å². The van der Waals surface area contributed by atoms with E-state index in [1.54, 1.807) is 12.1 Å². The molecule has 1 aromatic carbocycles. The van der Waals surface area contributed by atoms with Gasteiger partial charge in [-0.2, -0.15) is 8.78 Å². The number of aryl methyl sites for hydroxylation is 2. The van der Waals surface area contributed by atoms with Crippen LogP contribution in [0.4, 0.5) is 20.4 Å². The van der Waals surface area contributed by atoms with Gasteiger partial charge in [-0.1, -0.05) is 6.92 Å². The van der Waals surface area contributed by atoms with E-state index in [4.69, 9.17) is 0 Å². The maximum Gasteiger partial charge on any atom is 0.387 e. The van der Waals surface area contributed by atoms with Crippen LogP contribution in [0.2, 0.25) is 0 Å². The van der Waals surface area contributed by atoms with Crippen LogP contribution in [0, 0.1) is 6.92 Å². The highest BCUT2D eigenvalue weighted by molar-refractivity contribution is 5.55. The summed E-state index contributed by atoms with van der Waals surface area (Å²) in [5, 5.41) is 3.17. The monoisotopic (exact) mass is 281 g/mol. The smallest absolute Gasteiger partial charge is 0.387 e. The molecule has 0 radical (unpaired) electrons. The van der Waals surface area contributed by atoms with Crippen LogP contribution in [0.5, 0.6) is 5.75 Å². The predicted molar refractivity (Wildman–Crippen MR) is 73.6 cm³/mol. The van der Waals surface area contributed by atoms with Gasteiger partial charge in [-0.15, -0.1) is 0 Å². The van der Waals surface area contributed by atoms with Crippen LogP contribution >= 0.6 is 0 Å². The number of halogens is 2.